The Morgan fingerprint density at radius 2 is 1.52 bits per heavy atom. The number of anilines is 2. The van der Waals surface area contributed by atoms with Crippen LogP contribution in [0.2, 0.25) is 0 Å². The van der Waals surface area contributed by atoms with Crippen LogP contribution in [-0.4, -0.2) is 36.0 Å². The van der Waals surface area contributed by atoms with E-state index in [0.717, 1.165) is 6.54 Å². The molecule has 0 spiro atoms. The Morgan fingerprint density at radius 3 is 1.92 bits per heavy atom. The highest BCUT2D eigenvalue weighted by Crippen LogP contribution is 2.47. The van der Waals surface area contributed by atoms with Gasteiger partial charge >= 0.3 is 0 Å². The minimum absolute atomic E-state index is 0.499. The molecule has 2 aromatic carbocycles. The van der Waals surface area contributed by atoms with Gasteiger partial charge in [-0.05, 0) is 56.1 Å². The highest BCUT2D eigenvalue weighted by atomic mass is 127. The van der Waals surface area contributed by atoms with Gasteiger partial charge in [0.1, 0.15) is 0 Å². The summed E-state index contributed by atoms with van der Waals surface area (Å²) in [5.41, 5.74) is 2.65. The number of likely N-dealkylation sites (N-methyl/N-ethyl adjacent to an activating group) is 1. The number of unbranched alkanes of at least 4 members (excludes halogenated alkanes) is 1. The lowest BCUT2D eigenvalue weighted by atomic mass is 10.2. The lowest BCUT2D eigenvalue weighted by molar-refractivity contribution is 0.319. The highest BCUT2D eigenvalue weighted by molar-refractivity contribution is 14.1. The molecule has 0 saturated carbocycles. The maximum absolute atomic E-state index is 2.45. The van der Waals surface area contributed by atoms with Crippen LogP contribution in [0.3, 0.4) is 0 Å². The molecule has 0 amide bonds. The van der Waals surface area contributed by atoms with E-state index in [9.17, 15) is 0 Å². The Bertz CT molecular complexity index is 612. The van der Waals surface area contributed by atoms with Gasteiger partial charge < -0.3 is 9.80 Å². The number of rotatable bonds is 5. The van der Waals surface area contributed by atoms with E-state index >= 15 is 0 Å². The van der Waals surface area contributed by atoms with Crippen molar-refractivity contribution in [1.82, 2.24) is 4.90 Å². The summed E-state index contributed by atoms with van der Waals surface area (Å²) in [7, 11) is 4.28. The van der Waals surface area contributed by atoms with Crippen molar-refractivity contribution < 1.29 is 0 Å². The molecule has 136 valence electrons. The number of benzene rings is 2. The number of hydrogen-bond donors (Lipinski definition) is 0. The zero-order valence-electron chi connectivity index (χ0n) is 15.7. The van der Waals surface area contributed by atoms with Crippen LogP contribution in [-0.2, 0) is 0 Å². The second-order valence-corrected chi connectivity index (χ2v) is 8.67. The van der Waals surface area contributed by atoms with Gasteiger partial charge in [0.2, 0.25) is 0 Å². The van der Waals surface area contributed by atoms with E-state index < -0.39 is 0 Å². The fraction of sp³-hybridized carbons (Fsp3) is 0.429. The van der Waals surface area contributed by atoms with Gasteiger partial charge in [0.15, 0.2) is 0 Å². The molecule has 2 nitrogen and oxygen atoms in total. The smallest absolute Gasteiger partial charge is 0.0553 e. The first-order valence-electron chi connectivity index (χ1n) is 8.94. The standard InChI is InChI=1S/C17H20N2S.C4H9I/c1-13(18(2)3)12-19-14-8-4-6-10-16(14)20-17-11-7-5-9-15(17)19;1-2-3-4-5/h4-11,13H,12H2,1-3H3;2-4H2,1H3. The predicted molar refractivity (Wildman–Crippen MR) is 121 cm³/mol. The minimum atomic E-state index is 0.499. The predicted octanol–water partition coefficient (Wildman–Crippen LogP) is 6.46. The molecule has 0 bridgehead atoms. The summed E-state index contributed by atoms with van der Waals surface area (Å²) in [6.45, 7) is 5.48. The van der Waals surface area contributed by atoms with Crippen LogP contribution in [0, 0.1) is 0 Å². The molecule has 0 saturated heterocycles. The van der Waals surface area contributed by atoms with E-state index in [2.05, 4.69) is 109 Å². The fourth-order valence-electron chi connectivity index (χ4n) is 2.54. The number of nitrogens with zero attached hydrogens (tertiary/aromatic N) is 2. The van der Waals surface area contributed by atoms with Crippen molar-refractivity contribution in [3.05, 3.63) is 48.5 Å². The first-order valence-corrected chi connectivity index (χ1v) is 11.3. The van der Waals surface area contributed by atoms with Crippen molar-refractivity contribution in [3.63, 3.8) is 0 Å². The third-order valence-corrected chi connectivity index (χ3v) is 6.24. The van der Waals surface area contributed by atoms with Gasteiger partial charge in [-0.1, -0.05) is 72.0 Å². The summed E-state index contributed by atoms with van der Waals surface area (Å²) in [6, 6.07) is 17.9. The van der Waals surface area contributed by atoms with E-state index in [-0.39, 0.29) is 0 Å². The first kappa shape index (κ1) is 20.6. The summed E-state index contributed by atoms with van der Waals surface area (Å²) in [6.07, 6.45) is 2.71. The van der Waals surface area contributed by atoms with Crippen molar-refractivity contribution in [1.29, 1.82) is 0 Å². The van der Waals surface area contributed by atoms with Crippen LogP contribution in [0.15, 0.2) is 58.3 Å². The van der Waals surface area contributed by atoms with Crippen LogP contribution in [0.25, 0.3) is 0 Å². The SMILES string of the molecule is CC(CN1c2ccccc2Sc2ccccc21)N(C)C.CCCCI. The van der Waals surface area contributed by atoms with Crippen molar-refractivity contribution in [2.24, 2.45) is 0 Å². The molecule has 1 aliphatic heterocycles. The molecule has 0 N–H and O–H groups in total. The van der Waals surface area contributed by atoms with E-state index in [1.807, 2.05) is 11.8 Å². The van der Waals surface area contributed by atoms with Crippen LogP contribution in [0.5, 0.6) is 0 Å². The molecule has 25 heavy (non-hydrogen) atoms. The molecular formula is C21H29IN2S. The van der Waals surface area contributed by atoms with Gasteiger partial charge in [-0.2, -0.15) is 0 Å². The molecule has 1 atom stereocenters. The molecule has 0 aliphatic carbocycles. The monoisotopic (exact) mass is 468 g/mol. The minimum Gasteiger partial charge on any atom is -0.338 e. The Morgan fingerprint density at radius 1 is 1.00 bits per heavy atom. The second kappa shape index (κ2) is 10.4. The maximum atomic E-state index is 2.45. The molecule has 2 aromatic rings. The number of para-hydroxylation sites is 2. The van der Waals surface area contributed by atoms with Gasteiger partial charge in [0.05, 0.1) is 11.4 Å². The van der Waals surface area contributed by atoms with E-state index in [0.29, 0.717) is 6.04 Å². The van der Waals surface area contributed by atoms with Crippen LogP contribution < -0.4 is 4.90 Å². The Labute approximate surface area is 171 Å². The van der Waals surface area contributed by atoms with Gasteiger partial charge in [0.25, 0.3) is 0 Å². The topological polar surface area (TPSA) is 6.48 Å². The highest BCUT2D eigenvalue weighted by Gasteiger charge is 2.24. The molecule has 4 heteroatoms. The molecule has 1 heterocycles. The lowest BCUT2D eigenvalue weighted by Crippen LogP contribution is -2.37. The van der Waals surface area contributed by atoms with Gasteiger partial charge in [-0.25, -0.2) is 0 Å². The maximum Gasteiger partial charge on any atom is 0.0553 e. The van der Waals surface area contributed by atoms with Crippen molar-refractivity contribution in [3.8, 4) is 0 Å². The van der Waals surface area contributed by atoms with Crippen LogP contribution in [0.1, 0.15) is 26.7 Å². The molecule has 3 rings (SSSR count). The normalized spacial score (nSPS) is 13.6. The Hall–Kier alpha value is -0.720. The van der Waals surface area contributed by atoms with Crippen LogP contribution >= 0.6 is 34.4 Å². The number of hydrogen-bond acceptors (Lipinski definition) is 3. The summed E-state index contributed by atoms with van der Waals surface area (Å²) in [5, 5.41) is 0. The summed E-state index contributed by atoms with van der Waals surface area (Å²) in [5.74, 6) is 0. The molecule has 0 fully saturated rings. The molecule has 0 aromatic heterocycles. The Balaban J connectivity index is 0.000000399. The second-order valence-electron chi connectivity index (χ2n) is 6.50. The number of halogens is 1. The van der Waals surface area contributed by atoms with Crippen molar-refractivity contribution >= 4 is 45.7 Å². The van der Waals surface area contributed by atoms with Gasteiger partial charge in [0, 0.05) is 22.4 Å². The molecule has 0 radical (unpaired) electrons. The quantitative estimate of drug-likeness (QED) is 0.367. The zero-order valence-corrected chi connectivity index (χ0v) is 18.7. The van der Waals surface area contributed by atoms with Crippen LogP contribution in [0.4, 0.5) is 11.4 Å². The first-order chi connectivity index (χ1) is 12.1. The van der Waals surface area contributed by atoms with Gasteiger partial charge in [-0.15, -0.1) is 0 Å². The summed E-state index contributed by atoms with van der Waals surface area (Å²) >= 11 is 4.25. The summed E-state index contributed by atoms with van der Waals surface area (Å²) in [4.78, 5) is 7.41. The summed E-state index contributed by atoms with van der Waals surface area (Å²) < 4.78 is 1.31. The third kappa shape index (κ3) is 5.63. The largest absolute Gasteiger partial charge is 0.338 e. The Kier molecular flexibility index (Phi) is 8.59. The average Bonchev–Trinajstić information content (AvgIpc) is 2.62. The van der Waals surface area contributed by atoms with Crippen molar-refractivity contribution in [2.75, 3.05) is 30.0 Å². The zero-order chi connectivity index (χ0) is 18.2. The third-order valence-electron chi connectivity index (χ3n) is 4.35. The van der Waals surface area contributed by atoms with E-state index in [1.54, 1.807) is 0 Å². The molecule has 1 unspecified atom stereocenters. The molecular weight excluding hydrogens is 439 g/mol. The fourth-order valence-corrected chi connectivity index (χ4v) is 4.40. The number of alkyl halides is 1. The van der Waals surface area contributed by atoms with E-state index in [4.69, 9.17) is 0 Å². The lowest BCUT2D eigenvalue weighted by Gasteiger charge is -2.36. The van der Waals surface area contributed by atoms with Crippen molar-refractivity contribution in [2.45, 2.75) is 42.5 Å². The number of fused-ring (bicyclic) bond motifs is 2. The van der Waals surface area contributed by atoms with E-state index in [1.165, 1.54) is 38.4 Å². The van der Waals surface area contributed by atoms with Gasteiger partial charge in [-0.3, -0.25) is 0 Å². The average molecular weight is 468 g/mol. The molecule has 1 aliphatic rings.